The van der Waals surface area contributed by atoms with Crippen LogP contribution >= 0.6 is 11.6 Å². The minimum Gasteiger partial charge on any atom is -0.379 e. The van der Waals surface area contributed by atoms with Crippen LogP contribution in [0, 0.1) is 0 Å². The van der Waals surface area contributed by atoms with Crippen molar-refractivity contribution < 1.29 is 10.7 Å². The third-order valence-corrected chi connectivity index (χ3v) is 2.49. The fourth-order valence-corrected chi connectivity index (χ4v) is 1.72. The second kappa shape index (κ2) is 4.47. The van der Waals surface area contributed by atoms with E-state index in [-0.39, 0.29) is 0 Å². The molecule has 0 saturated heterocycles. The van der Waals surface area contributed by atoms with Gasteiger partial charge < -0.3 is 11.1 Å². The summed E-state index contributed by atoms with van der Waals surface area (Å²) in [4.78, 5) is 3.17. The predicted octanol–water partition coefficient (Wildman–Crippen LogP) is 0.961. The first-order valence-electron chi connectivity index (χ1n) is 4.94. The molecule has 0 saturated carbocycles. The highest BCUT2D eigenvalue weighted by molar-refractivity contribution is 6.31. The molecule has 1 aromatic heterocycles. The zero-order chi connectivity index (χ0) is 10.7. The fraction of sp³-hybridized carbons (Fsp3) is 0.182. The average molecular weight is 224 g/mol. The summed E-state index contributed by atoms with van der Waals surface area (Å²) in [6.45, 7) is 1.75. The van der Waals surface area contributed by atoms with E-state index < -0.39 is 0 Å². The van der Waals surface area contributed by atoms with Gasteiger partial charge in [0.05, 0.1) is 24.2 Å². The minimum atomic E-state index is 0.744. The Bertz CT molecular complexity index is 470. The van der Waals surface area contributed by atoms with Crippen LogP contribution in [0.3, 0.4) is 0 Å². The summed E-state index contributed by atoms with van der Waals surface area (Å²) >= 11 is 5.92. The lowest BCUT2D eigenvalue weighted by molar-refractivity contribution is -0.362. The van der Waals surface area contributed by atoms with Crippen LogP contribution in [0.4, 0.5) is 5.69 Å². The standard InChI is InChI=1S/C11H12ClN3/c12-8-1-2-9-10(15-6-4-13)3-5-14-11(9)7-8/h1-3,5,7H,4,6,13H2,(H,14,15)/p+2. The number of quaternary nitrogens is 1. The van der Waals surface area contributed by atoms with Crippen LogP contribution in [0.25, 0.3) is 10.9 Å². The molecule has 15 heavy (non-hydrogen) atoms. The summed E-state index contributed by atoms with van der Waals surface area (Å²) in [5.41, 5.74) is 5.96. The lowest BCUT2D eigenvalue weighted by Crippen LogP contribution is -2.53. The quantitative estimate of drug-likeness (QED) is 0.800. The lowest BCUT2D eigenvalue weighted by Gasteiger charge is -2.04. The summed E-state index contributed by atoms with van der Waals surface area (Å²) in [7, 11) is 0. The molecule has 0 bridgehead atoms. The van der Waals surface area contributed by atoms with Gasteiger partial charge in [-0.2, -0.15) is 0 Å². The lowest BCUT2D eigenvalue weighted by atomic mass is 10.2. The van der Waals surface area contributed by atoms with E-state index in [0.717, 1.165) is 34.7 Å². The SMILES string of the molecule is [NH3+]CCNc1cc[nH+]c2cc(Cl)ccc12. The third kappa shape index (κ3) is 2.19. The Morgan fingerprint density at radius 2 is 2.20 bits per heavy atom. The Morgan fingerprint density at radius 3 is 3.00 bits per heavy atom. The first-order valence-corrected chi connectivity index (χ1v) is 5.32. The number of nitrogens with one attached hydrogen (secondary N) is 2. The zero-order valence-electron chi connectivity index (χ0n) is 8.39. The van der Waals surface area contributed by atoms with Gasteiger partial charge in [-0.25, -0.2) is 4.98 Å². The summed E-state index contributed by atoms with van der Waals surface area (Å²) in [6, 6.07) is 7.85. The van der Waals surface area contributed by atoms with Crippen LogP contribution in [0.15, 0.2) is 30.5 Å². The number of aromatic nitrogens is 1. The molecule has 2 rings (SSSR count). The number of hydrogen-bond donors (Lipinski definition) is 2. The Balaban J connectivity index is 2.46. The number of benzene rings is 1. The van der Waals surface area contributed by atoms with Crippen molar-refractivity contribution in [2.45, 2.75) is 0 Å². The van der Waals surface area contributed by atoms with E-state index in [0.29, 0.717) is 0 Å². The molecule has 0 unspecified atom stereocenters. The maximum atomic E-state index is 5.92. The average Bonchev–Trinajstić information content (AvgIpc) is 2.25. The number of aromatic amines is 1. The molecule has 78 valence electrons. The molecule has 0 fully saturated rings. The molecular formula is C11H14ClN3+2. The van der Waals surface area contributed by atoms with Crippen LogP contribution in [-0.2, 0) is 0 Å². The molecular weight excluding hydrogens is 210 g/mol. The van der Waals surface area contributed by atoms with Gasteiger partial charge in [0.1, 0.15) is 0 Å². The highest BCUT2D eigenvalue weighted by atomic mass is 35.5. The van der Waals surface area contributed by atoms with E-state index in [1.807, 2.05) is 30.5 Å². The third-order valence-electron chi connectivity index (χ3n) is 2.25. The largest absolute Gasteiger partial charge is 0.379 e. The van der Waals surface area contributed by atoms with Crippen molar-refractivity contribution in [2.75, 3.05) is 18.4 Å². The number of hydrogen-bond acceptors (Lipinski definition) is 1. The normalized spacial score (nSPS) is 10.5. The summed E-state index contributed by atoms with van der Waals surface area (Å²) in [6.07, 6.45) is 1.91. The molecule has 0 aliphatic carbocycles. The van der Waals surface area contributed by atoms with Crippen LogP contribution < -0.4 is 16.0 Å². The van der Waals surface area contributed by atoms with E-state index in [2.05, 4.69) is 16.0 Å². The van der Waals surface area contributed by atoms with Gasteiger partial charge in [-0.1, -0.05) is 11.6 Å². The van der Waals surface area contributed by atoms with E-state index in [9.17, 15) is 0 Å². The topological polar surface area (TPSA) is 53.8 Å². The number of H-pyrrole nitrogens is 1. The highest BCUT2D eigenvalue weighted by Crippen LogP contribution is 2.22. The van der Waals surface area contributed by atoms with Crippen molar-refractivity contribution in [1.82, 2.24) is 0 Å². The summed E-state index contributed by atoms with van der Waals surface area (Å²) in [5, 5.41) is 5.22. The van der Waals surface area contributed by atoms with Gasteiger partial charge in [0, 0.05) is 17.2 Å². The van der Waals surface area contributed by atoms with E-state index in [1.54, 1.807) is 0 Å². The monoisotopic (exact) mass is 223 g/mol. The number of pyridine rings is 1. The molecule has 3 nitrogen and oxygen atoms in total. The van der Waals surface area contributed by atoms with Crippen LogP contribution in [0.1, 0.15) is 0 Å². The van der Waals surface area contributed by atoms with Gasteiger partial charge in [-0.15, -0.1) is 0 Å². The fourth-order valence-electron chi connectivity index (χ4n) is 1.55. The Hall–Kier alpha value is -1.32. The molecule has 5 N–H and O–H groups in total. The van der Waals surface area contributed by atoms with Crippen molar-refractivity contribution in [3.63, 3.8) is 0 Å². The van der Waals surface area contributed by atoms with E-state index in [1.165, 1.54) is 0 Å². The maximum absolute atomic E-state index is 5.92. The number of fused-ring (bicyclic) bond motifs is 1. The van der Waals surface area contributed by atoms with Gasteiger partial charge in [-0.05, 0) is 12.1 Å². The second-order valence-corrected chi connectivity index (χ2v) is 3.80. The van der Waals surface area contributed by atoms with Gasteiger partial charge >= 0.3 is 0 Å². The molecule has 0 radical (unpaired) electrons. The smallest absolute Gasteiger partial charge is 0.214 e. The number of anilines is 1. The zero-order valence-corrected chi connectivity index (χ0v) is 9.14. The second-order valence-electron chi connectivity index (χ2n) is 3.36. The molecule has 2 aromatic rings. The van der Waals surface area contributed by atoms with Gasteiger partial charge in [0.15, 0.2) is 6.20 Å². The first kappa shape index (κ1) is 10.2. The van der Waals surface area contributed by atoms with Crippen molar-refractivity contribution in [3.05, 3.63) is 35.5 Å². The molecule has 0 amide bonds. The van der Waals surface area contributed by atoms with Crippen LogP contribution in [0.5, 0.6) is 0 Å². The summed E-state index contributed by atoms with van der Waals surface area (Å²) < 4.78 is 0. The Morgan fingerprint density at radius 1 is 1.33 bits per heavy atom. The molecule has 1 heterocycles. The van der Waals surface area contributed by atoms with Gasteiger partial charge in [0.2, 0.25) is 5.52 Å². The molecule has 4 heteroatoms. The molecule has 0 atom stereocenters. The molecule has 0 aliphatic rings. The first-order chi connectivity index (χ1) is 7.31. The van der Waals surface area contributed by atoms with Gasteiger partial charge in [-0.3, -0.25) is 0 Å². The Labute approximate surface area is 93.3 Å². The number of halogens is 1. The highest BCUT2D eigenvalue weighted by Gasteiger charge is 2.05. The van der Waals surface area contributed by atoms with Crippen molar-refractivity contribution in [3.8, 4) is 0 Å². The molecule has 0 spiro atoms. The molecule has 1 aromatic carbocycles. The van der Waals surface area contributed by atoms with Crippen molar-refractivity contribution >= 4 is 28.2 Å². The van der Waals surface area contributed by atoms with Crippen LogP contribution in [0.2, 0.25) is 5.02 Å². The number of rotatable bonds is 3. The van der Waals surface area contributed by atoms with Crippen molar-refractivity contribution in [2.24, 2.45) is 0 Å². The summed E-state index contributed by atoms with van der Waals surface area (Å²) in [5.74, 6) is 0. The predicted molar refractivity (Wildman–Crippen MR) is 61.8 cm³/mol. The van der Waals surface area contributed by atoms with Crippen molar-refractivity contribution in [1.29, 1.82) is 0 Å². The van der Waals surface area contributed by atoms with Crippen LogP contribution in [-0.4, -0.2) is 13.1 Å². The maximum Gasteiger partial charge on any atom is 0.214 e. The van der Waals surface area contributed by atoms with E-state index >= 15 is 0 Å². The molecule has 0 aliphatic heterocycles. The van der Waals surface area contributed by atoms with Gasteiger partial charge in [0.25, 0.3) is 0 Å². The minimum absolute atomic E-state index is 0.744. The van der Waals surface area contributed by atoms with E-state index in [4.69, 9.17) is 11.6 Å². The Kier molecular flexibility index (Phi) is 3.04.